The van der Waals surface area contributed by atoms with E-state index in [1.807, 2.05) is 12.1 Å². The van der Waals surface area contributed by atoms with E-state index in [4.69, 9.17) is 5.73 Å². The van der Waals surface area contributed by atoms with E-state index >= 15 is 0 Å². The maximum Gasteiger partial charge on any atom is 0.138 e. The average molecular weight is 274 g/mol. The summed E-state index contributed by atoms with van der Waals surface area (Å²) in [5, 5.41) is 0. The maximum atomic E-state index is 13.7. The summed E-state index contributed by atoms with van der Waals surface area (Å²) in [6.07, 6.45) is 2.69. The van der Waals surface area contributed by atoms with Gasteiger partial charge in [-0.3, -0.25) is 4.90 Å². The second-order valence-electron chi connectivity index (χ2n) is 5.79. The lowest BCUT2D eigenvalue weighted by molar-refractivity contribution is 0.203. The molecule has 2 N–H and O–H groups in total. The van der Waals surface area contributed by atoms with Gasteiger partial charge in [-0.05, 0) is 50.3 Å². The summed E-state index contributed by atoms with van der Waals surface area (Å²) in [7, 11) is 0. The van der Waals surface area contributed by atoms with E-state index < -0.39 is 0 Å². The third-order valence-corrected chi connectivity index (χ3v) is 3.66. The van der Waals surface area contributed by atoms with Crippen molar-refractivity contribution < 1.29 is 4.39 Å². The Kier molecular flexibility index (Phi) is 5.17. The van der Waals surface area contributed by atoms with E-state index in [0.29, 0.717) is 11.6 Å². The van der Waals surface area contributed by atoms with Crippen LogP contribution >= 0.6 is 0 Å². The highest BCUT2D eigenvalue weighted by Crippen LogP contribution is 2.30. The lowest BCUT2D eigenvalue weighted by Gasteiger charge is -2.26. The molecule has 20 heavy (non-hydrogen) atoms. The summed E-state index contributed by atoms with van der Waals surface area (Å²) in [5.41, 5.74) is 6.90. The molecule has 1 saturated carbocycles. The zero-order chi connectivity index (χ0) is 14.5. The molecule has 0 radical (unpaired) electrons. The van der Waals surface area contributed by atoms with Crippen LogP contribution in [-0.4, -0.2) is 24.0 Å². The Bertz CT molecular complexity index is 509. The molecule has 0 unspecified atom stereocenters. The summed E-state index contributed by atoms with van der Waals surface area (Å²) in [5.74, 6) is 6.10. The molecule has 0 spiro atoms. The van der Waals surface area contributed by atoms with E-state index in [1.54, 1.807) is 0 Å². The van der Waals surface area contributed by atoms with Crippen LogP contribution < -0.4 is 5.73 Å². The molecule has 108 valence electrons. The van der Waals surface area contributed by atoms with Gasteiger partial charge in [-0.2, -0.15) is 0 Å². The van der Waals surface area contributed by atoms with Gasteiger partial charge >= 0.3 is 0 Å². The van der Waals surface area contributed by atoms with Gasteiger partial charge in [0.25, 0.3) is 0 Å². The molecule has 0 aromatic heterocycles. The predicted molar refractivity (Wildman–Crippen MR) is 80.6 cm³/mol. The third kappa shape index (κ3) is 4.33. The molecule has 0 atom stereocenters. The van der Waals surface area contributed by atoms with Crippen molar-refractivity contribution in [1.82, 2.24) is 4.90 Å². The molecule has 0 amide bonds. The molecule has 0 heterocycles. The van der Waals surface area contributed by atoms with Crippen LogP contribution in [0.5, 0.6) is 0 Å². The largest absolute Gasteiger partial charge is 0.320 e. The fraction of sp³-hybridized carbons (Fsp3) is 0.529. The van der Waals surface area contributed by atoms with Crippen molar-refractivity contribution in [2.24, 2.45) is 11.7 Å². The number of rotatable bonds is 5. The molecular weight excluding hydrogens is 251 g/mol. The van der Waals surface area contributed by atoms with Gasteiger partial charge in [-0.1, -0.05) is 17.9 Å². The normalized spacial score (nSPS) is 14.5. The molecule has 0 aliphatic heterocycles. The van der Waals surface area contributed by atoms with Crippen LogP contribution in [0.3, 0.4) is 0 Å². The zero-order valence-electron chi connectivity index (χ0n) is 12.3. The number of hydrogen-bond donors (Lipinski definition) is 1. The number of halogens is 1. The predicted octanol–water partition coefficient (Wildman–Crippen LogP) is 2.76. The van der Waals surface area contributed by atoms with Crippen LogP contribution in [0, 0.1) is 23.6 Å². The SMILES string of the molecule is CC(C)N(Cc1ccc(F)c(C#CCN)c1)CC1CC1. The van der Waals surface area contributed by atoms with E-state index in [0.717, 1.165) is 24.6 Å². The maximum absolute atomic E-state index is 13.7. The minimum Gasteiger partial charge on any atom is -0.320 e. The first-order valence-corrected chi connectivity index (χ1v) is 7.31. The summed E-state index contributed by atoms with van der Waals surface area (Å²) >= 11 is 0. The monoisotopic (exact) mass is 274 g/mol. The van der Waals surface area contributed by atoms with Crippen molar-refractivity contribution in [3.8, 4) is 11.8 Å². The van der Waals surface area contributed by atoms with Gasteiger partial charge < -0.3 is 5.73 Å². The lowest BCUT2D eigenvalue weighted by atomic mass is 10.1. The van der Waals surface area contributed by atoms with Gasteiger partial charge in [0.15, 0.2) is 0 Å². The van der Waals surface area contributed by atoms with Crippen LogP contribution in [0.1, 0.15) is 37.8 Å². The third-order valence-electron chi connectivity index (χ3n) is 3.66. The summed E-state index contributed by atoms with van der Waals surface area (Å²) in [4.78, 5) is 2.45. The smallest absolute Gasteiger partial charge is 0.138 e. The Labute approximate surface area is 121 Å². The highest BCUT2D eigenvalue weighted by Gasteiger charge is 2.25. The molecule has 1 aliphatic carbocycles. The van der Waals surface area contributed by atoms with Crippen LogP contribution in [0.15, 0.2) is 18.2 Å². The average Bonchev–Trinajstić information content (AvgIpc) is 3.22. The van der Waals surface area contributed by atoms with Crippen molar-refractivity contribution >= 4 is 0 Å². The van der Waals surface area contributed by atoms with Crippen LogP contribution in [0.25, 0.3) is 0 Å². The van der Waals surface area contributed by atoms with E-state index in [-0.39, 0.29) is 12.4 Å². The van der Waals surface area contributed by atoms with Gasteiger partial charge in [0.1, 0.15) is 5.82 Å². The first kappa shape index (κ1) is 15.0. The van der Waals surface area contributed by atoms with Crippen LogP contribution in [0.2, 0.25) is 0 Å². The Hall–Kier alpha value is -1.37. The lowest BCUT2D eigenvalue weighted by Crippen LogP contribution is -2.32. The fourth-order valence-electron chi connectivity index (χ4n) is 2.24. The van der Waals surface area contributed by atoms with Gasteiger partial charge in [0.05, 0.1) is 12.1 Å². The topological polar surface area (TPSA) is 29.3 Å². The molecular formula is C17H23FN2. The highest BCUT2D eigenvalue weighted by atomic mass is 19.1. The van der Waals surface area contributed by atoms with Crippen LogP contribution in [-0.2, 0) is 6.54 Å². The molecule has 1 fully saturated rings. The Morgan fingerprint density at radius 1 is 1.40 bits per heavy atom. The Morgan fingerprint density at radius 2 is 2.15 bits per heavy atom. The first-order chi connectivity index (χ1) is 9.60. The number of benzene rings is 1. The molecule has 2 nitrogen and oxygen atoms in total. The minimum absolute atomic E-state index is 0.253. The molecule has 2 rings (SSSR count). The first-order valence-electron chi connectivity index (χ1n) is 7.31. The second kappa shape index (κ2) is 6.88. The van der Waals surface area contributed by atoms with E-state index in [9.17, 15) is 4.39 Å². The quantitative estimate of drug-likeness (QED) is 0.837. The van der Waals surface area contributed by atoms with Crippen molar-refractivity contribution in [1.29, 1.82) is 0 Å². The number of nitrogens with two attached hydrogens (primary N) is 1. The number of nitrogens with zero attached hydrogens (tertiary/aromatic N) is 1. The van der Waals surface area contributed by atoms with Gasteiger partial charge in [0.2, 0.25) is 0 Å². The minimum atomic E-state index is -0.270. The van der Waals surface area contributed by atoms with E-state index in [1.165, 1.54) is 18.9 Å². The molecule has 1 aliphatic rings. The molecule has 1 aromatic carbocycles. The summed E-state index contributed by atoms with van der Waals surface area (Å²) in [6.45, 7) is 6.66. The standard InChI is InChI=1S/C17H23FN2/c1-13(2)20(11-14-5-6-14)12-15-7-8-17(18)16(10-15)4-3-9-19/h7-8,10,13-14H,5-6,9,11-12,19H2,1-2H3. The summed E-state index contributed by atoms with van der Waals surface area (Å²) in [6, 6.07) is 5.70. The van der Waals surface area contributed by atoms with Crippen molar-refractivity contribution in [2.45, 2.75) is 39.3 Å². The Balaban J connectivity index is 2.10. The van der Waals surface area contributed by atoms with E-state index in [2.05, 4.69) is 30.6 Å². The van der Waals surface area contributed by atoms with Crippen molar-refractivity contribution in [3.63, 3.8) is 0 Å². The Morgan fingerprint density at radius 3 is 2.75 bits per heavy atom. The fourth-order valence-corrected chi connectivity index (χ4v) is 2.24. The number of hydrogen-bond acceptors (Lipinski definition) is 2. The van der Waals surface area contributed by atoms with Crippen LogP contribution in [0.4, 0.5) is 4.39 Å². The van der Waals surface area contributed by atoms with Gasteiger partial charge in [-0.15, -0.1) is 0 Å². The second-order valence-corrected chi connectivity index (χ2v) is 5.79. The molecule has 3 heteroatoms. The highest BCUT2D eigenvalue weighted by molar-refractivity contribution is 5.38. The molecule has 1 aromatic rings. The zero-order valence-corrected chi connectivity index (χ0v) is 12.3. The van der Waals surface area contributed by atoms with Crippen molar-refractivity contribution in [2.75, 3.05) is 13.1 Å². The van der Waals surface area contributed by atoms with Gasteiger partial charge in [0, 0.05) is 19.1 Å². The van der Waals surface area contributed by atoms with Gasteiger partial charge in [-0.25, -0.2) is 4.39 Å². The summed E-state index contributed by atoms with van der Waals surface area (Å²) < 4.78 is 13.7. The molecule has 0 bridgehead atoms. The van der Waals surface area contributed by atoms with Crippen molar-refractivity contribution in [3.05, 3.63) is 35.1 Å². The molecule has 0 saturated heterocycles.